The van der Waals surface area contributed by atoms with Crippen LogP contribution in [0.5, 0.6) is 5.75 Å². The number of nitrogens with one attached hydrogen (secondary N) is 2. The third kappa shape index (κ3) is 6.34. The maximum Gasteiger partial charge on any atom is 0.251 e. The molecule has 2 aromatic carbocycles. The first-order chi connectivity index (χ1) is 16.2. The van der Waals surface area contributed by atoms with Crippen LogP contribution in [0.25, 0.3) is 0 Å². The summed E-state index contributed by atoms with van der Waals surface area (Å²) in [5.41, 5.74) is 3.37. The van der Waals surface area contributed by atoms with E-state index in [-0.39, 0.29) is 57.6 Å². The predicted molar refractivity (Wildman–Crippen MR) is 148 cm³/mol. The largest absolute Gasteiger partial charge is 0.507 e. The van der Waals surface area contributed by atoms with Crippen molar-refractivity contribution in [2.75, 3.05) is 26.8 Å². The average Bonchev–Trinajstić information content (AvgIpc) is 3.07. The van der Waals surface area contributed by atoms with Gasteiger partial charge in [0.25, 0.3) is 5.91 Å². The Hall–Kier alpha value is -2.71. The fraction of sp³-hybridized carbons (Fsp3) is 0.464. The number of rotatable bonds is 7. The first-order valence-corrected chi connectivity index (χ1v) is 11.9. The summed E-state index contributed by atoms with van der Waals surface area (Å²) in [6.07, 6.45) is 0. The zero-order valence-corrected chi connectivity index (χ0v) is 24.0. The number of amidine groups is 1. The number of benzene rings is 2. The Bertz CT molecular complexity index is 1130. The van der Waals surface area contributed by atoms with Crippen LogP contribution < -0.4 is 5.32 Å². The van der Waals surface area contributed by atoms with Gasteiger partial charge in [0.15, 0.2) is 5.78 Å². The molecule has 0 bridgehead atoms. The lowest BCUT2D eigenvalue weighted by Gasteiger charge is -2.28. The van der Waals surface area contributed by atoms with E-state index in [0.717, 1.165) is 16.7 Å². The van der Waals surface area contributed by atoms with Crippen LogP contribution in [0.3, 0.4) is 0 Å². The Kier molecular flexibility index (Phi) is 9.13. The Morgan fingerprint density at radius 1 is 1.03 bits per heavy atom. The number of ketones is 1. The molecule has 7 nitrogen and oxygen atoms in total. The van der Waals surface area contributed by atoms with Crippen molar-refractivity contribution < 1.29 is 19.4 Å². The number of aromatic hydroxyl groups is 1. The molecule has 196 valence electrons. The number of carbonyl (C=O) groups excluding carboxylic acids is 2. The summed E-state index contributed by atoms with van der Waals surface area (Å²) in [4.78, 5) is 27.5. The first-order valence-electron chi connectivity index (χ1n) is 11.9. The molecule has 3 rings (SSSR count). The highest BCUT2D eigenvalue weighted by molar-refractivity contribution is 8.93. The topological polar surface area (TPSA) is 103 Å². The van der Waals surface area contributed by atoms with Gasteiger partial charge in [-0.2, -0.15) is 0 Å². The van der Waals surface area contributed by atoms with Crippen LogP contribution in [-0.2, 0) is 22.1 Å². The lowest BCUT2D eigenvalue weighted by molar-refractivity contribution is 0.0935. The van der Waals surface area contributed by atoms with Crippen molar-refractivity contribution in [2.45, 2.75) is 58.9 Å². The summed E-state index contributed by atoms with van der Waals surface area (Å²) in [7, 11) is 1.57. The van der Waals surface area contributed by atoms with Crippen molar-refractivity contribution in [3.63, 3.8) is 0 Å². The fourth-order valence-electron chi connectivity index (χ4n) is 4.24. The van der Waals surface area contributed by atoms with E-state index < -0.39 is 0 Å². The highest BCUT2D eigenvalue weighted by Crippen LogP contribution is 2.40. The van der Waals surface area contributed by atoms with Crippen LogP contribution in [0.4, 0.5) is 0 Å². The molecule has 1 heterocycles. The molecule has 1 aliphatic rings. The van der Waals surface area contributed by atoms with Gasteiger partial charge in [-0.05, 0) is 40.7 Å². The minimum Gasteiger partial charge on any atom is -0.507 e. The van der Waals surface area contributed by atoms with Crippen LogP contribution in [0, 0.1) is 5.41 Å². The zero-order valence-electron chi connectivity index (χ0n) is 22.2. The average molecular weight is 561 g/mol. The summed E-state index contributed by atoms with van der Waals surface area (Å²) in [5.74, 6) is 0.127. The van der Waals surface area contributed by atoms with Gasteiger partial charge in [-0.25, -0.2) is 0 Å². The number of Topliss-reactive ketones (excluding diaryl/α,β-unsaturated/α-hetero) is 1. The van der Waals surface area contributed by atoms with Crippen molar-refractivity contribution >= 4 is 34.5 Å². The van der Waals surface area contributed by atoms with Crippen molar-refractivity contribution in [1.82, 2.24) is 10.2 Å². The second-order valence-electron chi connectivity index (χ2n) is 11.2. The molecule has 2 aromatic rings. The molecule has 8 heteroatoms. The van der Waals surface area contributed by atoms with Gasteiger partial charge in [0.2, 0.25) is 0 Å². The molecular formula is C28H38BrN3O4. The molecule has 1 aliphatic heterocycles. The van der Waals surface area contributed by atoms with E-state index in [1.165, 1.54) is 0 Å². The normalized spacial score (nSPS) is 13.3. The number of carbonyl (C=O) groups is 2. The zero-order chi connectivity index (χ0) is 26.1. The van der Waals surface area contributed by atoms with E-state index in [4.69, 9.17) is 10.1 Å². The minimum atomic E-state index is -0.336. The molecule has 0 radical (unpaired) electrons. The van der Waals surface area contributed by atoms with E-state index >= 15 is 0 Å². The van der Waals surface area contributed by atoms with Crippen LogP contribution in [0.1, 0.15) is 84.5 Å². The molecule has 0 spiro atoms. The van der Waals surface area contributed by atoms with Gasteiger partial charge in [0.05, 0.1) is 13.2 Å². The van der Waals surface area contributed by atoms with Crippen LogP contribution in [0.15, 0.2) is 30.3 Å². The van der Waals surface area contributed by atoms with Gasteiger partial charge >= 0.3 is 0 Å². The number of hydrogen-bond donors (Lipinski definition) is 3. The summed E-state index contributed by atoms with van der Waals surface area (Å²) >= 11 is 0. The number of fused-ring (bicyclic) bond motifs is 1. The minimum absolute atomic E-state index is 0. The summed E-state index contributed by atoms with van der Waals surface area (Å²) < 4.78 is 4.96. The number of halogens is 1. The lowest BCUT2D eigenvalue weighted by atomic mass is 9.78. The smallest absolute Gasteiger partial charge is 0.251 e. The second kappa shape index (κ2) is 11.1. The number of phenolic OH excluding ortho intramolecular Hbond substituents is 1. The fourth-order valence-corrected chi connectivity index (χ4v) is 4.24. The molecule has 0 saturated heterocycles. The molecule has 1 amide bonds. The molecule has 0 saturated carbocycles. The van der Waals surface area contributed by atoms with Crippen molar-refractivity contribution in [1.29, 1.82) is 5.41 Å². The van der Waals surface area contributed by atoms with Gasteiger partial charge in [-0.1, -0.05) is 47.6 Å². The molecule has 0 fully saturated rings. The standard InChI is InChI=1S/C28H37N3O4.BrH/c1-27(2,3)21-13-19(14-22(24(21)33)28(4,5)6)23(32)16-31-15-18-9-8-17(12-20(18)25(31)29)26(34)30-10-11-35-7;/h8-9,12-14,29,33H,10-11,15-16H2,1-7H3,(H,30,34);1H. The highest BCUT2D eigenvalue weighted by Gasteiger charge is 2.30. The van der Waals surface area contributed by atoms with Crippen LogP contribution in [-0.4, -0.2) is 54.3 Å². The first kappa shape index (κ1) is 29.5. The van der Waals surface area contributed by atoms with E-state index in [1.807, 2.05) is 47.6 Å². The Morgan fingerprint density at radius 3 is 2.14 bits per heavy atom. The van der Waals surface area contributed by atoms with Crippen LogP contribution in [0.2, 0.25) is 0 Å². The van der Waals surface area contributed by atoms with Crippen molar-refractivity contribution in [3.05, 3.63) is 63.7 Å². The number of ether oxygens (including phenoxy) is 1. The maximum atomic E-state index is 13.4. The van der Waals surface area contributed by atoms with Gasteiger partial charge in [-0.3, -0.25) is 15.0 Å². The monoisotopic (exact) mass is 559 g/mol. The molecule has 0 unspecified atom stereocenters. The van der Waals surface area contributed by atoms with Crippen LogP contribution >= 0.6 is 17.0 Å². The van der Waals surface area contributed by atoms with Crippen molar-refractivity contribution in [3.8, 4) is 5.75 Å². The molecule has 0 aromatic heterocycles. The highest BCUT2D eigenvalue weighted by atomic mass is 79.9. The second-order valence-corrected chi connectivity index (χ2v) is 11.2. The molecule has 3 N–H and O–H groups in total. The summed E-state index contributed by atoms with van der Waals surface area (Å²) in [5, 5.41) is 22.4. The number of hydrogen-bond acceptors (Lipinski definition) is 5. The summed E-state index contributed by atoms with van der Waals surface area (Å²) in [6, 6.07) is 8.85. The number of nitrogens with zero attached hydrogens (tertiary/aromatic N) is 1. The van der Waals surface area contributed by atoms with Gasteiger partial charge in [-0.15, -0.1) is 17.0 Å². The predicted octanol–water partition coefficient (Wildman–Crippen LogP) is 4.97. The van der Waals surface area contributed by atoms with Gasteiger partial charge in [0, 0.05) is 48.0 Å². The quantitative estimate of drug-likeness (QED) is 0.328. The van der Waals surface area contributed by atoms with E-state index in [1.54, 1.807) is 36.3 Å². The van der Waals surface area contributed by atoms with E-state index in [2.05, 4.69) is 5.32 Å². The number of amides is 1. The molecule has 0 aliphatic carbocycles. The number of methoxy groups -OCH3 is 1. The third-order valence-electron chi connectivity index (χ3n) is 6.28. The van der Waals surface area contributed by atoms with Gasteiger partial charge in [0.1, 0.15) is 11.6 Å². The Morgan fingerprint density at radius 2 is 1.61 bits per heavy atom. The SMILES string of the molecule is Br.COCCNC(=O)c1ccc2c(c1)C(=N)N(CC(=O)c1cc(C(C)(C)C)c(O)c(C(C)(C)C)c1)C2. The molecule has 36 heavy (non-hydrogen) atoms. The van der Waals surface area contributed by atoms with Crippen molar-refractivity contribution in [2.24, 2.45) is 0 Å². The lowest BCUT2D eigenvalue weighted by Crippen LogP contribution is -2.31. The van der Waals surface area contributed by atoms with E-state index in [9.17, 15) is 14.7 Å². The molecule has 0 atom stereocenters. The van der Waals surface area contributed by atoms with Gasteiger partial charge < -0.3 is 20.1 Å². The van der Waals surface area contributed by atoms with E-state index in [0.29, 0.717) is 36.4 Å². The Balaban J connectivity index is 0.00000456. The number of phenols is 1. The maximum absolute atomic E-state index is 13.4. The Labute approximate surface area is 224 Å². The third-order valence-corrected chi connectivity index (χ3v) is 6.28. The summed E-state index contributed by atoms with van der Waals surface area (Å²) in [6.45, 7) is 13.4. The molecular weight excluding hydrogens is 522 g/mol.